The molecule has 0 saturated carbocycles. The van der Waals surface area contributed by atoms with Gasteiger partial charge in [-0.15, -0.1) is 0 Å². The van der Waals surface area contributed by atoms with E-state index < -0.39 is 12.0 Å². The minimum absolute atomic E-state index is 0.0789. The first-order chi connectivity index (χ1) is 8.42. The predicted octanol–water partition coefficient (Wildman–Crippen LogP) is 0.313. The van der Waals surface area contributed by atoms with E-state index in [1.165, 1.54) is 11.8 Å². The van der Waals surface area contributed by atoms with Gasteiger partial charge in [-0.1, -0.05) is 6.92 Å². The Balaban J connectivity index is 4.52. The van der Waals surface area contributed by atoms with E-state index in [1.807, 2.05) is 6.92 Å². The molecule has 0 aliphatic carbocycles. The van der Waals surface area contributed by atoms with Gasteiger partial charge in [0.05, 0.1) is 6.61 Å². The van der Waals surface area contributed by atoms with E-state index >= 15 is 0 Å². The second kappa shape index (κ2) is 8.49. The molecule has 104 valence electrons. The zero-order valence-corrected chi connectivity index (χ0v) is 11.5. The van der Waals surface area contributed by atoms with E-state index in [0.29, 0.717) is 6.54 Å². The van der Waals surface area contributed by atoms with E-state index in [9.17, 15) is 14.4 Å². The van der Waals surface area contributed by atoms with Gasteiger partial charge in [0.15, 0.2) is 0 Å². The van der Waals surface area contributed by atoms with Gasteiger partial charge in [-0.3, -0.25) is 14.4 Å². The van der Waals surface area contributed by atoms with Crippen molar-refractivity contribution < 1.29 is 19.1 Å². The van der Waals surface area contributed by atoms with Crippen molar-refractivity contribution in [1.29, 1.82) is 0 Å². The number of ether oxygens (including phenoxy) is 1. The Hall–Kier alpha value is -1.59. The van der Waals surface area contributed by atoms with Gasteiger partial charge < -0.3 is 15.0 Å². The number of hydrogen-bond acceptors (Lipinski definition) is 4. The summed E-state index contributed by atoms with van der Waals surface area (Å²) in [6.45, 7) is 7.23. The van der Waals surface area contributed by atoms with Gasteiger partial charge in [-0.25, -0.2) is 0 Å². The smallest absolute Gasteiger partial charge is 0.325 e. The first kappa shape index (κ1) is 16.4. The molecule has 0 radical (unpaired) electrons. The summed E-state index contributed by atoms with van der Waals surface area (Å²) in [6, 6.07) is -0.636. The molecule has 18 heavy (non-hydrogen) atoms. The van der Waals surface area contributed by atoms with Gasteiger partial charge in [0, 0.05) is 13.5 Å². The SMILES string of the molecule is CCCN(CC(=O)OCC)C(=O)C(C)NC(C)=O. The number of amides is 2. The summed E-state index contributed by atoms with van der Waals surface area (Å²) in [7, 11) is 0. The molecular formula is C12H22N2O4. The second-order valence-electron chi connectivity index (χ2n) is 3.99. The molecule has 0 bridgehead atoms. The summed E-state index contributed by atoms with van der Waals surface area (Å²) in [6.07, 6.45) is 0.734. The topological polar surface area (TPSA) is 75.7 Å². The number of rotatable bonds is 7. The highest BCUT2D eigenvalue weighted by Gasteiger charge is 2.22. The monoisotopic (exact) mass is 258 g/mol. The second-order valence-corrected chi connectivity index (χ2v) is 3.99. The van der Waals surface area contributed by atoms with Crippen LogP contribution < -0.4 is 5.32 Å². The average Bonchev–Trinajstić information content (AvgIpc) is 2.26. The van der Waals surface area contributed by atoms with Gasteiger partial charge >= 0.3 is 5.97 Å². The van der Waals surface area contributed by atoms with Crippen LogP contribution in [0.4, 0.5) is 0 Å². The van der Waals surface area contributed by atoms with E-state index in [0.717, 1.165) is 6.42 Å². The van der Waals surface area contributed by atoms with Gasteiger partial charge in [0.25, 0.3) is 0 Å². The normalized spacial score (nSPS) is 11.6. The van der Waals surface area contributed by atoms with Gasteiger partial charge in [0.1, 0.15) is 12.6 Å². The lowest BCUT2D eigenvalue weighted by Crippen LogP contribution is -2.48. The summed E-state index contributed by atoms with van der Waals surface area (Å²) in [5.41, 5.74) is 0. The maximum atomic E-state index is 12.0. The summed E-state index contributed by atoms with van der Waals surface area (Å²) >= 11 is 0. The molecular weight excluding hydrogens is 236 g/mol. The summed E-state index contributed by atoms with van der Waals surface area (Å²) in [4.78, 5) is 35.7. The maximum Gasteiger partial charge on any atom is 0.325 e. The fourth-order valence-corrected chi connectivity index (χ4v) is 1.54. The van der Waals surface area contributed by atoms with E-state index in [4.69, 9.17) is 4.74 Å². The van der Waals surface area contributed by atoms with Crippen molar-refractivity contribution in [2.45, 2.75) is 40.2 Å². The summed E-state index contributed by atoms with van der Waals surface area (Å²) in [5.74, 6) is -0.988. The molecule has 0 aliphatic heterocycles. The number of esters is 1. The molecule has 0 saturated heterocycles. The average molecular weight is 258 g/mol. The Morgan fingerprint density at radius 2 is 1.89 bits per heavy atom. The van der Waals surface area contributed by atoms with Crippen molar-refractivity contribution in [2.24, 2.45) is 0 Å². The van der Waals surface area contributed by atoms with Crippen molar-refractivity contribution in [3.63, 3.8) is 0 Å². The van der Waals surface area contributed by atoms with E-state index in [2.05, 4.69) is 5.32 Å². The number of carbonyl (C=O) groups is 3. The highest BCUT2D eigenvalue weighted by molar-refractivity contribution is 5.88. The number of nitrogens with zero attached hydrogens (tertiary/aromatic N) is 1. The fourth-order valence-electron chi connectivity index (χ4n) is 1.54. The summed E-state index contributed by atoms with van der Waals surface area (Å²) in [5, 5.41) is 2.50. The Kier molecular flexibility index (Phi) is 7.74. The third-order valence-corrected chi connectivity index (χ3v) is 2.22. The largest absolute Gasteiger partial charge is 0.465 e. The van der Waals surface area contributed by atoms with Crippen LogP contribution in [0, 0.1) is 0 Å². The van der Waals surface area contributed by atoms with Crippen LogP contribution >= 0.6 is 0 Å². The number of carbonyl (C=O) groups excluding carboxylic acids is 3. The number of hydrogen-bond donors (Lipinski definition) is 1. The highest BCUT2D eigenvalue weighted by atomic mass is 16.5. The quantitative estimate of drug-likeness (QED) is 0.667. The van der Waals surface area contributed by atoms with Gasteiger partial charge in [-0.2, -0.15) is 0 Å². The first-order valence-corrected chi connectivity index (χ1v) is 6.13. The van der Waals surface area contributed by atoms with E-state index in [1.54, 1.807) is 13.8 Å². The minimum atomic E-state index is -0.636. The predicted molar refractivity (Wildman–Crippen MR) is 66.8 cm³/mol. The molecule has 1 N–H and O–H groups in total. The molecule has 0 aromatic rings. The van der Waals surface area contributed by atoms with Gasteiger partial charge in [-0.05, 0) is 20.3 Å². The molecule has 1 unspecified atom stereocenters. The zero-order chi connectivity index (χ0) is 14.1. The highest BCUT2D eigenvalue weighted by Crippen LogP contribution is 1.99. The van der Waals surface area contributed by atoms with Crippen LogP contribution in [0.3, 0.4) is 0 Å². The van der Waals surface area contributed by atoms with Crippen molar-refractivity contribution in [2.75, 3.05) is 19.7 Å². The van der Waals surface area contributed by atoms with Crippen LogP contribution in [0.1, 0.15) is 34.1 Å². The third-order valence-electron chi connectivity index (χ3n) is 2.22. The molecule has 0 aliphatic rings. The molecule has 6 heteroatoms. The van der Waals surface area contributed by atoms with Crippen molar-refractivity contribution in [3.05, 3.63) is 0 Å². The van der Waals surface area contributed by atoms with Crippen molar-refractivity contribution in [1.82, 2.24) is 10.2 Å². The molecule has 0 rings (SSSR count). The Morgan fingerprint density at radius 3 is 2.33 bits per heavy atom. The van der Waals surface area contributed by atoms with Crippen molar-refractivity contribution in [3.8, 4) is 0 Å². The molecule has 0 heterocycles. The van der Waals surface area contributed by atoms with Crippen LogP contribution in [-0.4, -0.2) is 48.4 Å². The minimum Gasteiger partial charge on any atom is -0.465 e. The van der Waals surface area contributed by atoms with Crippen LogP contribution in [0.15, 0.2) is 0 Å². The lowest BCUT2D eigenvalue weighted by molar-refractivity contribution is -0.149. The Bertz CT molecular complexity index is 304. The van der Waals surface area contributed by atoms with Gasteiger partial charge in [0.2, 0.25) is 11.8 Å². The third kappa shape index (κ3) is 6.22. The van der Waals surface area contributed by atoms with E-state index in [-0.39, 0.29) is 25.0 Å². The lowest BCUT2D eigenvalue weighted by Gasteiger charge is -2.24. The molecule has 0 aromatic heterocycles. The lowest BCUT2D eigenvalue weighted by atomic mass is 10.2. The molecule has 0 fully saturated rings. The standard InChI is InChI=1S/C12H22N2O4/c1-5-7-14(8-11(16)18-6-2)12(17)9(3)13-10(4)15/h9H,5-8H2,1-4H3,(H,13,15). The Morgan fingerprint density at radius 1 is 1.28 bits per heavy atom. The molecule has 2 amide bonds. The molecule has 6 nitrogen and oxygen atoms in total. The van der Waals surface area contributed by atoms with Crippen LogP contribution in [-0.2, 0) is 19.1 Å². The number of nitrogens with one attached hydrogen (secondary N) is 1. The first-order valence-electron chi connectivity index (χ1n) is 6.13. The fraction of sp³-hybridized carbons (Fsp3) is 0.750. The van der Waals surface area contributed by atoms with Crippen LogP contribution in [0.5, 0.6) is 0 Å². The van der Waals surface area contributed by atoms with Crippen LogP contribution in [0.25, 0.3) is 0 Å². The maximum absolute atomic E-state index is 12.0. The molecule has 1 atom stereocenters. The van der Waals surface area contributed by atoms with Crippen LogP contribution in [0.2, 0.25) is 0 Å². The zero-order valence-electron chi connectivity index (χ0n) is 11.5. The summed E-state index contributed by atoms with van der Waals surface area (Å²) < 4.78 is 4.81. The Labute approximate surface area is 108 Å². The van der Waals surface area contributed by atoms with Crippen molar-refractivity contribution >= 4 is 17.8 Å². The molecule has 0 aromatic carbocycles. The molecule has 0 spiro atoms.